The third-order valence-corrected chi connectivity index (χ3v) is 3.64. The summed E-state index contributed by atoms with van der Waals surface area (Å²) in [5.74, 6) is -2.32. The molecule has 26 heavy (non-hydrogen) atoms. The number of benzene rings is 1. The predicted molar refractivity (Wildman–Crippen MR) is 87.3 cm³/mol. The zero-order chi connectivity index (χ0) is 19.3. The molecule has 1 aromatic heterocycles. The van der Waals surface area contributed by atoms with Crippen molar-refractivity contribution in [2.24, 2.45) is 5.92 Å². The lowest BCUT2D eigenvalue weighted by molar-refractivity contribution is -0.144. The van der Waals surface area contributed by atoms with Crippen LogP contribution in [0, 0.1) is 5.92 Å². The number of rotatable bonds is 8. The topological polar surface area (TPSA) is 110 Å². The number of halogens is 2. The van der Waals surface area contributed by atoms with Crippen LogP contribution in [-0.4, -0.2) is 49.7 Å². The first-order valence-corrected chi connectivity index (χ1v) is 7.95. The first kappa shape index (κ1) is 19.4. The van der Waals surface area contributed by atoms with Crippen LogP contribution in [0.5, 0.6) is 0 Å². The summed E-state index contributed by atoms with van der Waals surface area (Å²) in [5, 5.41) is 23.1. The number of carboxylic acid groups (broad SMARTS) is 1. The number of tetrazole rings is 1. The van der Waals surface area contributed by atoms with Gasteiger partial charge in [-0.05, 0) is 11.1 Å². The number of aliphatic carboxylic acids is 1. The minimum Gasteiger partial charge on any atom is -0.480 e. The Morgan fingerprint density at radius 3 is 2.42 bits per heavy atom. The van der Waals surface area contributed by atoms with Crippen LogP contribution in [0.1, 0.15) is 26.3 Å². The van der Waals surface area contributed by atoms with E-state index in [-0.39, 0.29) is 5.92 Å². The monoisotopic (exact) mass is 367 g/mol. The van der Waals surface area contributed by atoms with E-state index >= 15 is 0 Å². The van der Waals surface area contributed by atoms with Crippen LogP contribution in [-0.2, 0) is 9.59 Å². The van der Waals surface area contributed by atoms with Gasteiger partial charge < -0.3 is 10.4 Å². The zero-order valence-electron chi connectivity index (χ0n) is 14.2. The molecule has 2 atom stereocenters. The van der Waals surface area contributed by atoms with Gasteiger partial charge in [0.05, 0.1) is 0 Å². The van der Waals surface area contributed by atoms with Crippen LogP contribution in [0.3, 0.4) is 0 Å². The number of nitrogens with one attached hydrogen (secondary N) is 1. The van der Waals surface area contributed by atoms with Crippen molar-refractivity contribution in [3.05, 3.63) is 30.3 Å². The molecule has 1 amide bonds. The Balaban J connectivity index is 2.22. The molecule has 8 nitrogen and oxygen atoms in total. The van der Waals surface area contributed by atoms with Crippen molar-refractivity contribution in [1.29, 1.82) is 0 Å². The third kappa shape index (κ3) is 4.80. The molecule has 0 fully saturated rings. The molecule has 2 rings (SSSR count). The van der Waals surface area contributed by atoms with Crippen molar-refractivity contribution in [3.63, 3.8) is 0 Å². The van der Waals surface area contributed by atoms with Crippen molar-refractivity contribution >= 4 is 11.9 Å². The molecule has 0 saturated heterocycles. The molecule has 10 heteroatoms. The normalized spacial score (nSPS) is 13.6. The Morgan fingerprint density at radius 1 is 1.23 bits per heavy atom. The van der Waals surface area contributed by atoms with Gasteiger partial charge in [-0.3, -0.25) is 4.79 Å². The predicted octanol–water partition coefficient (Wildman–Crippen LogP) is 1.76. The number of aromatic nitrogens is 4. The minimum absolute atomic E-state index is 0.298. The first-order chi connectivity index (χ1) is 12.3. The van der Waals surface area contributed by atoms with Gasteiger partial charge in [0.2, 0.25) is 18.2 Å². The lowest BCUT2D eigenvalue weighted by Crippen LogP contribution is -2.46. The summed E-state index contributed by atoms with van der Waals surface area (Å²) in [7, 11) is 0. The smallest absolute Gasteiger partial charge is 0.326 e. The molecule has 0 aliphatic rings. The molecule has 0 aliphatic carbocycles. The highest BCUT2D eigenvalue weighted by molar-refractivity contribution is 5.86. The van der Waals surface area contributed by atoms with Crippen molar-refractivity contribution in [3.8, 4) is 11.4 Å². The second-order valence-electron chi connectivity index (χ2n) is 6.01. The maximum absolute atomic E-state index is 12.5. The Morgan fingerprint density at radius 2 is 1.88 bits per heavy atom. The maximum atomic E-state index is 12.5. The van der Waals surface area contributed by atoms with E-state index in [2.05, 4.69) is 20.7 Å². The van der Waals surface area contributed by atoms with Gasteiger partial charge in [0, 0.05) is 12.0 Å². The molecular formula is C16H19F2N5O3. The second kappa shape index (κ2) is 8.45. The summed E-state index contributed by atoms with van der Waals surface area (Å²) in [5.41, 5.74) is 0.697. The highest BCUT2D eigenvalue weighted by Gasteiger charge is 2.32. The molecule has 1 heterocycles. The molecular weight excluding hydrogens is 348 g/mol. The van der Waals surface area contributed by atoms with Gasteiger partial charge in [-0.1, -0.05) is 44.2 Å². The number of nitrogens with zero attached hydrogens (tertiary/aromatic N) is 4. The standard InChI is InChI=1S/C16H19F2N5O3/c1-9(2)13(15(24)19-11(16(25)26)8-12(17)18)23-21-14(20-22-23)10-6-4-3-5-7-10/h3-7,9,11-13H,8H2,1-2H3,(H,19,24)(H,25,26). The number of hydrogen-bond acceptors (Lipinski definition) is 5. The van der Waals surface area contributed by atoms with E-state index in [0.717, 1.165) is 4.80 Å². The average molecular weight is 367 g/mol. The lowest BCUT2D eigenvalue weighted by Gasteiger charge is -2.21. The zero-order valence-corrected chi connectivity index (χ0v) is 14.2. The minimum atomic E-state index is -2.86. The van der Waals surface area contributed by atoms with Crippen LogP contribution in [0.15, 0.2) is 30.3 Å². The lowest BCUT2D eigenvalue weighted by atomic mass is 10.0. The fraction of sp³-hybridized carbons (Fsp3) is 0.438. The van der Waals surface area contributed by atoms with E-state index in [9.17, 15) is 18.4 Å². The van der Waals surface area contributed by atoms with E-state index in [1.54, 1.807) is 38.1 Å². The van der Waals surface area contributed by atoms with Crippen molar-refractivity contribution < 1.29 is 23.5 Å². The quantitative estimate of drug-likeness (QED) is 0.736. The molecule has 0 aliphatic heterocycles. The summed E-state index contributed by atoms with van der Waals surface area (Å²) in [4.78, 5) is 24.6. The van der Waals surface area contributed by atoms with Crippen LogP contribution in [0.2, 0.25) is 0 Å². The summed E-state index contributed by atoms with van der Waals surface area (Å²) in [6.45, 7) is 3.41. The maximum Gasteiger partial charge on any atom is 0.326 e. The van der Waals surface area contributed by atoms with Crippen LogP contribution < -0.4 is 5.32 Å². The van der Waals surface area contributed by atoms with E-state index < -0.39 is 36.8 Å². The molecule has 2 aromatic rings. The van der Waals surface area contributed by atoms with Crippen LogP contribution in [0.25, 0.3) is 11.4 Å². The fourth-order valence-corrected chi connectivity index (χ4v) is 2.38. The van der Waals surface area contributed by atoms with Gasteiger partial charge in [-0.2, -0.15) is 4.80 Å². The van der Waals surface area contributed by atoms with Crippen LogP contribution >= 0.6 is 0 Å². The molecule has 140 valence electrons. The Bertz CT molecular complexity index is 751. The summed E-state index contributed by atoms with van der Waals surface area (Å²) < 4.78 is 25.0. The summed E-state index contributed by atoms with van der Waals surface area (Å²) in [6, 6.07) is 6.28. The van der Waals surface area contributed by atoms with E-state index in [4.69, 9.17) is 5.11 Å². The highest BCUT2D eigenvalue weighted by atomic mass is 19.3. The van der Waals surface area contributed by atoms with Gasteiger partial charge in [0.25, 0.3) is 0 Å². The Kier molecular flexibility index (Phi) is 6.31. The van der Waals surface area contributed by atoms with E-state index in [1.807, 2.05) is 6.07 Å². The molecule has 2 N–H and O–H groups in total. The number of carboxylic acids is 1. The van der Waals surface area contributed by atoms with Gasteiger partial charge >= 0.3 is 5.97 Å². The Labute approximate surface area is 148 Å². The molecule has 1 aromatic carbocycles. The second-order valence-corrected chi connectivity index (χ2v) is 6.01. The van der Waals surface area contributed by atoms with Crippen molar-refractivity contribution in [1.82, 2.24) is 25.5 Å². The summed E-state index contributed by atoms with van der Waals surface area (Å²) >= 11 is 0. The average Bonchev–Trinajstić information content (AvgIpc) is 3.03. The molecule has 0 saturated carbocycles. The number of carbonyl (C=O) groups is 2. The molecule has 2 unspecified atom stereocenters. The number of carbonyl (C=O) groups excluding carboxylic acids is 1. The van der Waals surface area contributed by atoms with E-state index in [0.29, 0.717) is 11.4 Å². The number of alkyl halides is 2. The van der Waals surface area contributed by atoms with Gasteiger partial charge in [-0.15, -0.1) is 10.2 Å². The fourth-order valence-electron chi connectivity index (χ4n) is 2.38. The van der Waals surface area contributed by atoms with Gasteiger partial charge in [-0.25, -0.2) is 13.6 Å². The third-order valence-electron chi connectivity index (χ3n) is 3.64. The largest absolute Gasteiger partial charge is 0.480 e. The van der Waals surface area contributed by atoms with Crippen molar-refractivity contribution in [2.45, 2.75) is 38.8 Å². The van der Waals surface area contributed by atoms with Crippen LogP contribution in [0.4, 0.5) is 8.78 Å². The Hall–Kier alpha value is -2.91. The molecule has 0 radical (unpaired) electrons. The van der Waals surface area contributed by atoms with Gasteiger partial charge in [0.15, 0.2) is 6.04 Å². The number of amides is 1. The molecule has 0 bridgehead atoms. The van der Waals surface area contributed by atoms with E-state index in [1.165, 1.54) is 0 Å². The summed E-state index contributed by atoms with van der Waals surface area (Å²) in [6.07, 6.45) is -3.84. The van der Waals surface area contributed by atoms with Gasteiger partial charge in [0.1, 0.15) is 6.04 Å². The first-order valence-electron chi connectivity index (χ1n) is 7.95. The van der Waals surface area contributed by atoms with Crippen molar-refractivity contribution in [2.75, 3.05) is 0 Å². The SMILES string of the molecule is CC(C)C(C(=O)NC(CC(F)F)C(=O)O)n1nnc(-c2ccccc2)n1. The molecule has 0 spiro atoms. The number of hydrogen-bond donors (Lipinski definition) is 2. The highest BCUT2D eigenvalue weighted by Crippen LogP contribution is 2.19.